The second-order valence-corrected chi connectivity index (χ2v) is 9.31. The Morgan fingerprint density at radius 1 is 0.704 bits per heavy atom. The lowest BCUT2D eigenvalue weighted by Crippen LogP contribution is -2.10. The molecule has 1 aromatic carbocycles. The molecule has 2 aliphatic carbocycles. The minimum atomic E-state index is 0.602. The van der Waals surface area contributed by atoms with E-state index in [1.54, 1.807) is 0 Å². The van der Waals surface area contributed by atoms with E-state index in [0.717, 1.165) is 0 Å². The van der Waals surface area contributed by atoms with Crippen LogP contribution in [0.15, 0.2) is 12.1 Å². The molecule has 0 heterocycles. The number of unbranched alkanes of at least 4 members (excludes halogenated alkanes) is 5. The molecule has 0 amide bonds. The molecule has 2 saturated carbocycles. The average molecular weight is 371 g/mol. The minimum absolute atomic E-state index is 0.602. The average Bonchev–Trinajstić information content (AvgIpc) is 2.73. The second kappa shape index (κ2) is 11.1. The zero-order valence-corrected chi connectivity index (χ0v) is 17.8. The molecule has 0 atom stereocenters. The van der Waals surface area contributed by atoms with Crippen molar-refractivity contribution in [2.45, 2.75) is 128 Å². The molecule has 1 N–H and O–H groups in total. The van der Waals surface area contributed by atoms with Gasteiger partial charge in [0.2, 0.25) is 0 Å². The summed E-state index contributed by atoms with van der Waals surface area (Å²) in [6.07, 6.45) is 22.6. The molecule has 0 radical (unpaired) electrons. The highest BCUT2D eigenvalue weighted by atomic mass is 16.3. The van der Waals surface area contributed by atoms with E-state index < -0.39 is 0 Å². The highest BCUT2D eigenvalue weighted by Crippen LogP contribution is 2.44. The molecule has 1 nitrogen and oxygen atoms in total. The van der Waals surface area contributed by atoms with Gasteiger partial charge in [-0.3, -0.25) is 0 Å². The fourth-order valence-corrected chi connectivity index (χ4v) is 5.45. The standard InChI is InChI=1S/C26H42O/c1-2-3-4-5-6-9-14-21-19-24(22-15-10-7-11-16-22)26(27)25(20-21)23-17-12-8-13-18-23/h19-20,22-23,27H,2-18H2,1H3. The van der Waals surface area contributed by atoms with Gasteiger partial charge in [-0.05, 0) is 67.1 Å². The highest BCUT2D eigenvalue weighted by Gasteiger charge is 2.25. The summed E-state index contributed by atoms with van der Waals surface area (Å²) in [4.78, 5) is 0. The van der Waals surface area contributed by atoms with Crippen LogP contribution >= 0.6 is 0 Å². The van der Waals surface area contributed by atoms with Crippen LogP contribution in [0.1, 0.15) is 138 Å². The fraction of sp³-hybridized carbons (Fsp3) is 0.769. The largest absolute Gasteiger partial charge is 0.507 e. The van der Waals surface area contributed by atoms with E-state index in [4.69, 9.17) is 0 Å². The number of aromatic hydroxyl groups is 1. The smallest absolute Gasteiger partial charge is 0.122 e. The summed E-state index contributed by atoms with van der Waals surface area (Å²) in [6, 6.07) is 4.79. The van der Waals surface area contributed by atoms with Gasteiger partial charge < -0.3 is 5.11 Å². The number of hydrogen-bond donors (Lipinski definition) is 1. The van der Waals surface area contributed by atoms with Crippen molar-refractivity contribution < 1.29 is 5.11 Å². The number of benzene rings is 1. The summed E-state index contributed by atoms with van der Waals surface area (Å²) >= 11 is 0. The van der Waals surface area contributed by atoms with E-state index in [1.807, 2.05) is 0 Å². The highest BCUT2D eigenvalue weighted by molar-refractivity contribution is 5.47. The molecule has 0 aromatic heterocycles. The van der Waals surface area contributed by atoms with Crippen molar-refractivity contribution in [2.24, 2.45) is 0 Å². The predicted molar refractivity (Wildman–Crippen MR) is 117 cm³/mol. The molecule has 1 aromatic rings. The third kappa shape index (κ3) is 6.00. The summed E-state index contributed by atoms with van der Waals surface area (Å²) in [5.41, 5.74) is 4.11. The van der Waals surface area contributed by atoms with Gasteiger partial charge in [0.15, 0.2) is 0 Å². The lowest BCUT2D eigenvalue weighted by atomic mass is 9.78. The third-order valence-corrected chi connectivity index (χ3v) is 7.14. The molecule has 2 aliphatic rings. The summed E-state index contributed by atoms with van der Waals surface area (Å²) in [7, 11) is 0. The van der Waals surface area contributed by atoms with Crippen LogP contribution in [-0.2, 0) is 6.42 Å². The van der Waals surface area contributed by atoms with E-state index in [0.29, 0.717) is 17.6 Å². The van der Waals surface area contributed by atoms with Crippen LogP contribution in [-0.4, -0.2) is 5.11 Å². The number of phenolic OH excluding ortho intramolecular Hbond substituents is 1. The molecular formula is C26H42O. The first-order chi connectivity index (χ1) is 13.3. The second-order valence-electron chi connectivity index (χ2n) is 9.31. The maximum Gasteiger partial charge on any atom is 0.122 e. The summed E-state index contributed by atoms with van der Waals surface area (Å²) < 4.78 is 0. The molecule has 0 aliphatic heterocycles. The maximum atomic E-state index is 11.2. The van der Waals surface area contributed by atoms with Crippen molar-refractivity contribution >= 4 is 0 Å². The van der Waals surface area contributed by atoms with Crippen LogP contribution in [0.5, 0.6) is 5.75 Å². The Labute approximate surface area is 168 Å². The SMILES string of the molecule is CCCCCCCCc1cc(C2CCCCC2)c(O)c(C2CCCCC2)c1. The van der Waals surface area contributed by atoms with Crippen LogP contribution in [0.25, 0.3) is 0 Å². The number of hydrogen-bond acceptors (Lipinski definition) is 1. The first kappa shape index (κ1) is 20.7. The molecule has 0 spiro atoms. The quantitative estimate of drug-likeness (QED) is 0.433. The van der Waals surface area contributed by atoms with E-state index in [-0.39, 0.29) is 0 Å². The third-order valence-electron chi connectivity index (χ3n) is 7.14. The molecule has 0 unspecified atom stereocenters. The Balaban J connectivity index is 1.72. The Morgan fingerprint density at radius 3 is 1.70 bits per heavy atom. The predicted octanol–water partition coefficient (Wildman–Crippen LogP) is 8.39. The van der Waals surface area contributed by atoms with Crippen molar-refractivity contribution in [1.82, 2.24) is 0 Å². The van der Waals surface area contributed by atoms with Gasteiger partial charge in [0.05, 0.1) is 0 Å². The Kier molecular flexibility index (Phi) is 8.55. The molecule has 3 rings (SSSR count). The molecule has 152 valence electrons. The van der Waals surface area contributed by atoms with E-state index in [2.05, 4.69) is 19.1 Å². The fourth-order valence-electron chi connectivity index (χ4n) is 5.45. The van der Waals surface area contributed by atoms with Gasteiger partial charge in [0.1, 0.15) is 5.75 Å². The normalized spacial score (nSPS) is 19.4. The maximum absolute atomic E-state index is 11.2. The zero-order valence-electron chi connectivity index (χ0n) is 17.8. The number of aryl methyl sites for hydroxylation is 1. The zero-order chi connectivity index (χ0) is 18.9. The lowest BCUT2D eigenvalue weighted by Gasteiger charge is -2.28. The first-order valence-electron chi connectivity index (χ1n) is 12.1. The van der Waals surface area contributed by atoms with Crippen LogP contribution in [0.4, 0.5) is 0 Å². The number of phenols is 1. The van der Waals surface area contributed by atoms with Crippen LogP contribution in [0.2, 0.25) is 0 Å². The Hall–Kier alpha value is -0.980. The van der Waals surface area contributed by atoms with Gasteiger partial charge >= 0.3 is 0 Å². The van der Waals surface area contributed by atoms with E-state index in [1.165, 1.54) is 126 Å². The van der Waals surface area contributed by atoms with Gasteiger partial charge in [-0.2, -0.15) is 0 Å². The minimum Gasteiger partial charge on any atom is -0.507 e. The van der Waals surface area contributed by atoms with Crippen molar-refractivity contribution in [2.75, 3.05) is 0 Å². The van der Waals surface area contributed by atoms with Gasteiger partial charge in [0, 0.05) is 0 Å². The molecule has 2 fully saturated rings. The molecular weight excluding hydrogens is 328 g/mol. The van der Waals surface area contributed by atoms with E-state index >= 15 is 0 Å². The van der Waals surface area contributed by atoms with Crippen molar-refractivity contribution in [3.63, 3.8) is 0 Å². The number of rotatable bonds is 9. The Morgan fingerprint density at radius 2 is 1.19 bits per heavy atom. The van der Waals surface area contributed by atoms with Gasteiger partial charge in [0.25, 0.3) is 0 Å². The van der Waals surface area contributed by atoms with E-state index in [9.17, 15) is 5.11 Å². The van der Waals surface area contributed by atoms with Crippen molar-refractivity contribution in [3.8, 4) is 5.75 Å². The van der Waals surface area contributed by atoms with Crippen molar-refractivity contribution in [1.29, 1.82) is 0 Å². The summed E-state index contributed by atoms with van der Waals surface area (Å²) in [6.45, 7) is 2.29. The van der Waals surface area contributed by atoms with Crippen LogP contribution in [0.3, 0.4) is 0 Å². The molecule has 0 saturated heterocycles. The van der Waals surface area contributed by atoms with Gasteiger partial charge in [-0.25, -0.2) is 0 Å². The summed E-state index contributed by atoms with van der Waals surface area (Å²) in [5, 5.41) is 11.2. The van der Waals surface area contributed by atoms with Crippen LogP contribution in [0, 0.1) is 0 Å². The molecule has 0 bridgehead atoms. The summed E-state index contributed by atoms with van der Waals surface area (Å²) in [5.74, 6) is 1.89. The van der Waals surface area contributed by atoms with Gasteiger partial charge in [-0.1, -0.05) is 89.7 Å². The Bertz CT molecular complexity index is 510. The topological polar surface area (TPSA) is 20.2 Å². The monoisotopic (exact) mass is 370 g/mol. The van der Waals surface area contributed by atoms with Crippen LogP contribution < -0.4 is 0 Å². The first-order valence-corrected chi connectivity index (χ1v) is 12.1. The lowest BCUT2D eigenvalue weighted by molar-refractivity contribution is 0.392. The molecule has 1 heteroatoms. The molecule has 27 heavy (non-hydrogen) atoms. The van der Waals surface area contributed by atoms with Gasteiger partial charge in [-0.15, -0.1) is 0 Å². The van der Waals surface area contributed by atoms with Crippen molar-refractivity contribution in [3.05, 3.63) is 28.8 Å².